The van der Waals surface area contributed by atoms with Gasteiger partial charge in [-0.2, -0.15) is 0 Å². The Bertz CT molecular complexity index is 590. The van der Waals surface area contributed by atoms with Crippen LogP contribution >= 0.6 is 0 Å². The number of piperazine rings is 1. The largest absolute Gasteiger partial charge is 0.371 e. The topological polar surface area (TPSA) is 56.0 Å². The van der Waals surface area contributed by atoms with Gasteiger partial charge in [-0.3, -0.25) is 9.69 Å². The molecule has 2 aliphatic heterocycles. The van der Waals surface area contributed by atoms with Crippen LogP contribution in [0.4, 0.5) is 5.69 Å². The molecule has 0 spiro atoms. The average molecular weight is 360 g/mol. The number of anilines is 1. The number of nitrogens with two attached hydrogens (primary N) is 1. The molecule has 0 atom stereocenters. The summed E-state index contributed by atoms with van der Waals surface area (Å²) in [6.45, 7) is 7.54. The molecule has 2 N–H and O–H groups in total. The summed E-state index contributed by atoms with van der Waals surface area (Å²) in [6, 6.07) is 8.35. The number of likely N-dealkylation sites (N-methyl/N-ethyl adjacent to an activating group) is 1. The summed E-state index contributed by atoms with van der Waals surface area (Å²) in [5.74, 6) is 0.169. The van der Waals surface area contributed by atoms with Crippen molar-refractivity contribution in [1.82, 2.24) is 14.7 Å². The van der Waals surface area contributed by atoms with Crippen LogP contribution in [0.3, 0.4) is 0 Å². The SMILES string of the molecule is CN(C)CCN1CCN(C(=O)c2ccccc2N2CCC(N)CC2)CC1. The van der Waals surface area contributed by atoms with Crippen molar-refractivity contribution in [3.05, 3.63) is 29.8 Å². The van der Waals surface area contributed by atoms with E-state index in [0.717, 1.165) is 76.5 Å². The van der Waals surface area contributed by atoms with Crippen LogP contribution in [-0.4, -0.2) is 93.1 Å². The molecular weight excluding hydrogens is 326 g/mol. The quantitative estimate of drug-likeness (QED) is 0.848. The molecule has 0 aromatic heterocycles. The van der Waals surface area contributed by atoms with Crippen LogP contribution in [0.1, 0.15) is 23.2 Å². The van der Waals surface area contributed by atoms with E-state index in [1.807, 2.05) is 23.1 Å². The lowest BCUT2D eigenvalue weighted by Gasteiger charge is -2.37. The van der Waals surface area contributed by atoms with E-state index in [1.165, 1.54) is 0 Å². The zero-order valence-electron chi connectivity index (χ0n) is 16.2. The van der Waals surface area contributed by atoms with Gasteiger partial charge in [-0.15, -0.1) is 0 Å². The van der Waals surface area contributed by atoms with Gasteiger partial charge < -0.3 is 20.4 Å². The van der Waals surface area contributed by atoms with E-state index in [-0.39, 0.29) is 5.91 Å². The van der Waals surface area contributed by atoms with Crippen LogP contribution in [0.2, 0.25) is 0 Å². The first-order chi connectivity index (χ1) is 12.5. The Labute approximate surface area is 157 Å². The minimum absolute atomic E-state index is 0.169. The summed E-state index contributed by atoms with van der Waals surface area (Å²) in [4.78, 5) is 22.1. The molecule has 0 radical (unpaired) electrons. The van der Waals surface area contributed by atoms with Crippen LogP contribution in [0, 0.1) is 0 Å². The second-order valence-corrected chi connectivity index (χ2v) is 7.78. The molecule has 1 aromatic carbocycles. The van der Waals surface area contributed by atoms with Gasteiger partial charge >= 0.3 is 0 Å². The highest BCUT2D eigenvalue weighted by atomic mass is 16.2. The maximum atomic E-state index is 13.1. The van der Waals surface area contributed by atoms with Crippen molar-refractivity contribution < 1.29 is 4.79 Å². The third-order valence-corrected chi connectivity index (χ3v) is 5.54. The Balaban J connectivity index is 1.62. The molecule has 6 nitrogen and oxygen atoms in total. The minimum atomic E-state index is 0.169. The first-order valence-corrected chi connectivity index (χ1v) is 9.80. The van der Waals surface area contributed by atoms with Gasteiger partial charge in [0.05, 0.1) is 5.56 Å². The van der Waals surface area contributed by atoms with E-state index in [2.05, 4.69) is 34.9 Å². The first-order valence-electron chi connectivity index (χ1n) is 9.80. The van der Waals surface area contributed by atoms with Crippen LogP contribution in [0.5, 0.6) is 0 Å². The lowest BCUT2D eigenvalue weighted by atomic mass is 10.0. The molecule has 2 fully saturated rings. The van der Waals surface area contributed by atoms with E-state index in [9.17, 15) is 4.79 Å². The number of carbonyl (C=O) groups is 1. The van der Waals surface area contributed by atoms with Gasteiger partial charge in [-0.05, 0) is 39.1 Å². The Kier molecular flexibility index (Phi) is 6.51. The summed E-state index contributed by atoms with van der Waals surface area (Å²) in [5.41, 5.74) is 7.94. The summed E-state index contributed by atoms with van der Waals surface area (Å²) in [6.07, 6.45) is 1.99. The van der Waals surface area contributed by atoms with Crippen molar-refractivity contribution >= 4 is 11.6 Å². The number of piperidine rings is 1. The summed E-state index contributed by atoms with van der Waals surface area (Å²) in [7, 11) is 4.20. The van der Waals surface area contributed by atoms with Crippen LogP contribution < -0.4 is 10.6 Å². The Hall–Kier alpha value is -1.63. The molecule has 3 rings (SSSR count). The zero-order valence-corrected chi connectivity index (χ0v) is 16.2. The fourth-order valence-electron chi connectivity index (χ4n) is 3.76. The van der Waals surface area contributed by atoms with Gasteiger partial charge in [-0.1, -0.05) is 12.1 Å². The molecule has 2 saturated heterocycles. The molecule has 0 saturated carbocycles. The van der Waals surface area contributed by atoms with Gasteiger partial charge in [-0.25, -0.2) is 0 Å². The van der Waals surface area contributed by atoms with Crippen molar-refractivity contribution in [1.29, 1.82) is 0 Å². The van der Waals surface area contributed by atoms with Crippen molar-refractivity contribution in [2.45, 2.75) is 18.9 Å². The second kappa shape index (κ2) is 8.84. The maximum Gasteiger partial charge on any atom is 0.256 e. The molecular formula is C20H33N5O. The molecule has 1 aromatic rings. The predicted octanol–water partition coefficient (Wildman–Crippen LogP) is 0.934. The van der Waals surface area contributed by atoms with Gasteiger partial charge in [0.15, 0.2) is 0 Å². The summed E-state index contributed by atoms with van der Waals surface area (Å²) in [5, 5.41) is 0. The fraction of sp³-hybridized carbons (Fsp3) is 0.650. The molecule has 2 aliphatic rings. The maximum absolute atomic E-state index is 13.1. The van der Waals surface area contributed by atoms with Crippen molar-refractivity contribution in [2.24, 2.45) is 5.73 Å². The molecule has 6 heteroatoms. The number of carbonyl (C=O) groups excluding carboxylic acids is 1. The molecule has 0 bridgehead atoms. The molecule has 0 unspecified atom stereocenters. The van der Waals surface area contributed by atoms with E-state index in [0.29, 0.717) is 6.04 Å². The van der Waals surface area contributed by atoms with Gasteiger partial charge in [0.1, 0.15) is 0 Å². The van der Waals surface area contributed by atoms with E-state index in [4.69, 9.17) is 5.73 Å². The highest BCUT2D eigenvalue weighted by Gasteiger charge is 2.26. The van der Waals surface area contributed by atoms with Crippen molar-refractivity contribution in [3.8, 4) is 0 Å². The molecule has 144 valence electrons. The minimum Gasteiger partial charge on any atom is -0.371 e. The predicted molar refractivity (Wildman–Crippen MR) is 107 cm³/mol. The molecule has 26 heavy (non-hydrogen) atoms. The van der Waals surface area contributed by atoms with Gasteiger partial charge in [0, 0.05) is 64.1 Å². The summed E-state index contributed by atoms with van der Waals surface area (Å²) < 4.78 is 0. The van der Waals surface area contributed by atoms with Crippen LogP contribution in [-0.2, 0) is 0 Å². The fourth-order valence-corrected chi connectivity index (χ4v) is 3.76. The van der Waals surface area contributed by atoms with Crippen molar-refractivity contribution in [2.75, 3.05) is 71.4 Å². The Morgan fingerprint density at radius 1 is 1.08 bits per heavy atom. The number of nitrogens with zero attached hydrogens (tertiary/aromatic N) is 4. The first kappa shape index (κ1) is 19.1. The number of amides is 1. The Morgan fingerprint density at radius 2 is 1.73 bits per heavy atom. The normalized spacial score (nSPS) is 20.0. The zero-order chi connectivity index (χ0) is 18.5. The Morgan fingerprint density at radius 3 is 2.38 bits per heavy atom. The highest BCUT2D eigenvalue weighted by Crippen LogP contribution is 2.25. The molecule has 0 aliphatic carbocycles. The van der Waals surface area contributed by atoms with Crippen molar-refractivity contribution in [3.63, 3.8) is 0 Å². The highest BCUT2D eigenvalue weighted by molar-refractivity contribution is 6.00. The number of benzene rings is 1. The second-order valence-electron chi connectivity index (χ2n) is 7.78. The smallest absolute Gasteiger partial charge is 0.256 e. The number of rotatable bonds is 5. The molecule has 1 amide bonds. The molecule has 2 heterocycles. The van der Waals surface area contributed by atoms with Gasteiger partial charge in [0.2, 0.25) is 0 Å². The van der Waals surface area contributed by atoms with Crippen LogP contribution in [0.15, 0.2) is 24.3 Å². The third kappa shape index (κ3) is 4.75. The third-order valence-electron chi connectivity index (χ3n) is 5.54. The van der Waals surface area contributed by atoms with E-state index in [1.54, 1.807) is 0 Å². The van der Waals surface area contributed by atoms with E-state index >= 15 is 0 Å². The monoisotopic (exact) mass is 359 g/mol. The number of hydrogen-bond acceptors (Lipinski definition) is 5. The average Bonchev–Trinajstić information content (AvgIpc) is 2.67. The van der Waals surface area contributed by atoms with Gasteiger partial charge in [0.25, 0.3) is 5.91 Å². The summed E-state index contributed by atoms with van der Waals surface area (Å²) >= 11 is 0. The number of hydrogen-bond donors (Lipinski definition) is 1. The van der Waals surface area contributed by atoms with E-state index < -0.39 is 0 Å². The lowest BCUT2D eigenvalue weighted by molar-refractivity contribution is 0.0630. The lowest BCUT2D eigenvalue weighted by Crippen LogP contribution is -2.50. The standard InChI is InChI=1S/C20H33N5O/c1-22(2)11-12-23-13-15-25(16-14-23)20(26)18-5-3-4-6-19(18)24-9-7-17(21)8-10-24/h3-6,17H,7-16,21H2,1-2H3. The number of para-hydroxylation sites is 1. The van der Waals surface area contributed by atoms with Crippen LogP contribution in [0.25, 0.3) is 0 Å².